The molecule has 4 aromatic rings. The average molecular weight is 403 g/mol. The molecule has 0 unspecified atom stereocenters. The molecular formula is C21H14FN5O3. The molecule has 0 spiro atoms. The number of ether oxygens (including phenoxy) is 2. The van der Waals surface area contributed by atoms with Gasteiger partial charge in [0.2, 0.25) is 5.91 Å². The number of hydrogen-bond donors (Lipinski definition) is 1. The van der Waals surface area contributed by atoms with Gasteiger partial charge in [-0.3, -0.25) is 4.79 Å². The Morgan fingerprint density at radius 1 is 0.800 bits per heavy atom. The quantitative estimate of drug-likeness (QED) is 0.521. The van der Waals surface area contributed by atoms with E-state index in [2.05, 4.69) is 19.9 Å². The van der Waals surface area contributed by atoms with Crippen LogP contribution in [0.25, 0.3) is 11.3 Å². The van der Waals surface area contributed by atoms with E-state index in [-0.39, 0.29) is 17.8 Å². The second kappa shape index (κ2) is 8.31. The van der Waals surface area contributed by atoms with E-state index < -0.39 is 5.91 Å². The first-order chi connectivity index (χ1) is 14.6. The first kappa shape index (κ1) is 18.9. The Kier molecular flexibility index (Phi) is 5.25. The van der Waals surface area contributed by atoms with Gasteiger partial charge in [0.15, 0.2) is 0 Å². The van der Waals surface area contributed by atoms with E-state index in [1.54, 1.807) is 42.7 Å². The van der Waals surface area contributed by atoms with Crippen molar-refractivity contribution in [3.63, 3.8) is 0 Å². The lowest BCUT2D eigenvalue weighted by Crippen LogP contribution is -2.10. The largest absolute Gasteiger partial charge is 0.424 e. The smallest absolute Gasteiger partial charge is 0.322 e. The van der Waals surface area contributed by atoms with Crippen molar-refractivity contribution in [3.8, 4) is 34.8 Å². The summed E-state index contributed by atoms with van der Waals surface area (Å²) in [5.41, 5.74) is 6.75. The number of carbonyl (C=O) groups excluding carboxylic acids is 1. The second-order valence-corrected chi connectivity index (χ2v) is 6.03. The number of rotatable bonds is 6. The Morgan fingerprint density at radius 3 is 2.03 bits per heavy atom. The molecule has 0 saturated heterocycles. The minimum atomic E-state index is -0.519. The third-order valence-corrected chi connectivity index (χ3v) is 3.93. The summed E-state index contributed by atoms with van der Waals surface area (Å²) in [5.74, 6) is -0.00394. The molecule has 0 aliphatic rings. The Bertz CT molecular complexity index is 1170. The molecule has 148 valence electrons. The van der Waals surface area contributed by atoms with E-state index in [4.69, 9.17) is 15.2 Å². The van der Waals surface area contributed by atoms with Crippen molar-refractivity contribution in [2.24, 2.45) is 5.73 Å². The molecule has 9 heteroatoms. The number of primary amides is 1. The van der Waals surface area contributed by atoms with E-state index >= 15 is 0 Å². The maximum absolute atomic E-state index is 13.0. The summed E-state index contributed by atoms with van der Waals surface area (Å²) in [6.07, 6.45) is 4.63. The van der Waals surface area contributed by atoms with Gasteiger partial charge in [-0.1, -0.05) is 0 Å². The molecule has 2 aromatic carbocycles. The highest BCUT2D eigenvalue weighted by molar-refractivity contribution is 5.92. The SMILES string of the molecule is NC(=O)c1ccc(Oc2ncc(-c3ccnc(Oc4ccc(F)cc4)n3)cn2)cc1. The lowest BCUT2D eigenvalue weighted by atomic mass is 10.2. The first-order valence-corrected chi connectivity index (χ1v) is 8.73. The zero-order chi connectivity index (χ0) is 20.9. The van der Waals surface area contributed by atoms with Gasteiger partial charge in [0, 0.05) is 29.7 Å². The maximum atomic E-state index is 13.0. The number of benzene rings is 2. The fourth-order valence-corrected chi connectivity index (χ4v) is 2.45. The van der Waals surface area contributed by atoms with Gasteiger partial charge in [-0.2, -0.15) is 4.98 Å². The molecule has 0 radical (unpaired) electrons. The van der Waals surface area contributed by atoms with Gasteiger partial charge >= 0.3 is 12.0 Å². The van der Waals surface area contributed by atoms with E-state index in [1.165, 1.54) is 30.5 Å². The molecule has 1 amide bonds. The van der Waals surface area contributed by atoms with Crippen LogP contribution in [0.15, 0.2) is 73.2 Å². The number of aromatic nitrogens is 4. The lowest BCUT2D eigenvalue weighted by molar-refractivity contribution is 0.100. The highest BCUT2D eigenvalue weighted by Gasteiger charge is 2.08. The molecular weight excluding hydrogens is 389 g/mol. The van der Waals surface area contributed by atoms with Crippen LogP contribution in [0.4, 0.5) is 4.39 Å². The van der Waals surface area contributed by atoms with E-state index in [9.17, 15) is 9.18 Å². The Balaban J connectivity index is 1.47. The van der Waals surface area contributed by atoms with Crippen molar-refractivity contribution in [2.45, 2.75) is 0 Å². The normalized spacial score (nSPS) is 10.4. The zero-order valence-electron chi connectivity index (χ0n) is 15.4. The number of amides is 1. The van der Waals surface area contributed by atoms with Gasteiger partial charge in [0.05, 0.1) is 5.69 Å². The van der Waals surface area contributed by atoms with Gasteiger partial charge in [-0.05, 0) is 54.6 Å². The summed E-state index contributed by atoms with van der Waals surface area (Å²) in [6.45, 7) is 0. The molecule has 2 N–H and O–H groups in total. The molecule has 0 aliphatic carbocycles. The fraction of sp³-hybridized carbons (Fsp3) is 0. The van der Waals surface area contributed by atoms with Crippen molar-refractivity contribution in [1.82, 2.24) is 19.9 Å². The van der Waals surface area contributed by atoms with Crippen LogP contribution in [0.3, 0.4) is 0 Å². The molecule has 0 fully saturated rings. The number of carbonyl (C=O) groups is 1. The molecule has 0 atom stereocenters. The van der Waals surface area contributed by atoms with Crippen LogP contribution in [0.1, 0.15) is 10.4 Å². The van der Waals surface area contributed by atoms with Gasteiger partial charge in [-0.15, -0.1) is 0 Å². The van der Waals surface area contributed by atoms with Crippen LogP contribution in [-0.4, -0.2) is 25.8 Å². The second-order valence-electron chi connectivity index (χ2n) is 6.03. The summed E-state index contributed by atoms with van der Waals surface area (Å²) >= 11 is 0. The number of hydrogen-bond acceptors (Lipinski definition) is 7. The predicted octanol–water partition coefficient (Wildman–Crippen LogP) is 3.76. The summed E-state index contributed by atoms with van der Waals surface area (Å²) in [4.78, 5) is 27.8. The van der Waals surface area contributed by atoms with Crippen LogP contribution in [0, 0.1) is 5.82 Å². The fourth-order valence-electron chi connectivity index (χ4n) is 2.45. The summed E-state index contributed by atoms with van der Waals surface area (Å²) in [5, 5.41) is 0. The van der Waals surface area contributed by atoms with Crippen molar-refractivity contribution >= 4 is 5.91 Å². The molecule has 4 rings (SSSR count). The zero-order valence-corrected chi connectivity index (χ0v) is 15.4. The van der Waals surface area contributed by atoms with Crippen LogP contribution in [-0.2, 0) is 0 Å². The highest BCUT2D eigenvalue weighted by atomic mass is 19.1. The van der Waals surface area contributed by atoms with Crippen LogP contribution < -0.4 is 15.2 Å². The Morgan fingerprint density at radius 2 is 1.40 bits per heavy atom. The molecule has 0 bridgehead atoms. The van der Waals surface area contributed by atoms with Crippen molar-refractivity contribution in [1.29, 1.82) is 0 Å². The van der Waals surface area contributed by atoms with Gasteiger partial charge in [0.1, 0.15) is 17.3 Å². The predicted molar refractivity (Wildman–Crippen MR) is 105 cm³/mol. The summed E-state index contributed by atoms with van der Waals surface area (Å²) in [6, 6.07) is 13.7. The molecule has 30 heavy (non-hydrogen) atoms. The average Bonchev–Trinajstić information content (AvgIpc) is 2.76. The Hall–Kier alpha value is -4.40. The van der Waals surface area contributed by atoms with Crippen LogP contribution in [0.5, 0.6) is 23.5 Å². The third kappa shape index (κ3) is 4.53. The highest BCUT2D eigenvalue weighted by Crippen LogP contribution is 2.23. The number of nitrogens with zero attached hydrogens (tertiary/aromatic N) is 4. The minimum Gasteiger partial charge on any atom is -0.424 e. The van der Waals surface area contributed by atoms with Gasteiger partial charge < -0.3 is 15.2 Å². The van der Waals surface area contributed by atoms with Crippen LogP contribution in [0.2, 0.25) is 0 Å². The topological polar surface area (TPSA) is 113 Å². The molecule has 8 nitrogen and oxygen atoms in total. The summed E-state index contributed by atoms with van der Waals surface area (Å²) < 4.78 is 24.1. The van der Waals surface area contributed by atoms with Gasteiger partial charge in [-0.25, -0.2) is 19.3 Å². The maximum Gasteiger partial charge on any atom is 0.322 e. The van der Waals surface area contributed by atoms with Crippen molar-refractivity contribution in [2.75, 3.05) is 0 Å². The first-order valence-electron chi connectivity index (χ1n) is 8.73. The number of halogens is 1. The molecule has 2 aromatic heterocycles. The van der Waals surface area contributed by atoms with E-state index in [0.29, 0.717) is 28.3 Å². The monoisotopic (exact) mass is 403 g/mol. The minimum absolute atomic E-state index is 0.106. The molecule has 0 aliphatic heterocycles. The lowest BCUT2D eigenvalue weighted by Gasteiger charge is -2.07. The third-order valence-electron chi connectivity index (χ3n) is 3.93. The molecule has 2 heterocycles. The van der Waals surface area contributed by atoms with E-state index in [1.807, 2.05) is 0 Å². The standard InChI is InChI=1S/C21H14FN5O3/c22-15-3-7-17(8-4-15)30-21-24-10-9-18(27-21)14-11-25-20(26-12-14)29-16-5-1-13(2-6-16)19(23)28/h1-12H,(H2,23,28). The number of nitrogens with two attached hydrogens (primary N) is 1. The Labute approximate surface area is 170 Å². The van der Waals surface area contributed by atoms with E-state index in [0.717, 1.165) is 0 Å². The summed E-state index contributed by atoms with van der Waals surface area (Å²) in [7, 11) is 0. The van der Waals surface area contributed by atoms with Crippen LogP contribution >= 0.6 is 0 Å². The molecule has 0 saturated carbocycles. The van der Waals surface area contributed by atoms with Crippen molar-refractivity contribution in [3.05, 3.63) is 84.6 Å². The van der Waals surface area contributed by atoms with Gasteiger partial charge in [0.25, 0.3) is 0 Å². The van der Waals surface area contributed by atoms with Crippen molar-refractivity contribution < 1.29 is 18.7 Å².